The summed E-state index contributed by atoms with van der Waals surface area (Å²) in [5.74, 6) is 0.856. The second-order valence-electron chi connectivity index (χ2n) is 6.80. The van der Waals surface area contributed by atoms with Gasteiger partial charge in [0.25, 0.3) is 0 Å². The summed E-state index contributed by atoms with van der Waals surface area (Å²) in [6.07, 6.45) is 0.777. The SMILES string of the molecule is Cc1ccc(S(=O)(=O)N2CC(CCl)[C@H]3c4ccccc4C[C@H]32)cc1. The van der Waals surface area contributed by atoms with Gasteiger partial charge in [0.15, 0.2) is 0 Å². The second kappa shape index (κ2) is 5.87. The largest absolute Gasteiger partial charge is 0.243 e. The van der Waals surface area contributed by atoms with Gasteiger partial charge in [0.1, 0.15) is 0 Å². The van der Waals surface area contributed by atoms with Crippen LogP contribution in [0.15, 0.2) is 53.4 Å². The van der Waals surface area contributed by atoms with Crippen LogP contribution in [0.2, 0.25) is 0 Å². The van der Waals surface area contributed by atoms with Gasteiger partial charge in [-0.1, -0.05) is 42.0 Å². The third kappa shape index (κ3) is 2.40. The van der Waals surface area contributed by atoms with Crippen molar-refractivity contribution < 1.29 is 8.42 Å². The summed E-state index contributed by atoms with van der Waals surface area (Å²) in [4.78, 5) is 0.373. The fourth-order valence-corrected chi connectivity index (χ4v) is 6.19. The molecule has 0 N–H and O–H groups in total. The van der Waals surface area contributed by atoms with Gasteiger partial charge < -0.3 is 0 Å². The Morgan fingerprint density at radius 1 is 1.12 bits per heavy atom. The van der Waals surface area contributed by atoms with Gasteiger partial charge in [0.05, 0.1) is 4.90 Å². The highest BCUT2D eigenvalue weighted by Gasteiger charge is 2.50. The summed E-state index contributed by atoms with van der Waals surface area (Å²) in [5, 5.41) is 0. The maximum absolute atomic E-state index is 13.2. The summed E-state index contributed by atoms with van der Waals surface area (Å²) >= 11 is 6.20. The number of alkyl halides is 1. The van der Waals surface area contributed by atoms with Gasteiger partial charge in [0, 0.05) is 24.4 Å². The molecule has 2 aromatic rings. The molecule has 24 heavy (non-hydrogen) atoms. The van der Waals surface area contributed by atoms with Gasteiger partial charge >= 0.3 is 0 Å². The minimum absolute atomic E-state index is 0.0162. The van der Waals surface area contributed by atoms with Crippen molar-refractivity contribution in [1.29, 1.82) is 0 Å². The van der Waals surface area contributed by atoms with Crippen molar-refractivity contribution in [3.05, 3.63) is 65.2 Å². The number of rotatable bonds is 3. The number of benzene rings is 2. The molecule has 2 aromatic carbocycles. The topological polar surface area (TPSA) is 37.4 Å². The molecule has 0 radical (unpaired) electrons. The Bertz CT molecular complexity index is 863. The van der Waals surface area contributed by atoms with Crippen LogP contribution < -0.4 is 0 Å². The third-order valence-corrected chi connectivity index (χ3v) is 7.68. The van der Waals surface area contributed by atoms with E-state index in [9.17, 15) is 8.42 Å². The molecule has 1 heterocycles. The molecule has 1 unspecified atom stereocenters. The highest BCUT2D eigenvalue weighted by atomic mass is 35.5. The van der Waals surface area contributed by atoms with E-state index in [0.717, 1.165) is 12.0 Å². The Labute approximate surface area is 148 Å². The second-order valence-corrected chi connectivity index (χ2v) is 9.00. The molecule has 0 amide bonds. The lowest BCUT2D eigenvalue weighted by molar-refractivity contribution is 0.383. The Kier molecular flexibility index (Phi) is 3.94. The molecule has 0 spiro atoms. The molecule has 1 aliphatic heterocycles. The number of fused-ring (bicyclic) bond motifs is 3. The summed E-state index contributed by atoms with van der Waals surface area (Å²) in [7, 11) is -3.50. The van der Waals surface area contributed by atoms with E-state index in [2.05, 4.69) is 12.1 Å². The Morgan fingerprint density at radius 2 is 1.83 bits per heavy atom. The van der Waals surface area contributed by atoms with E-state index in [0.29, 0.717) is 17.3 Å². The lowest BCUT2D eigenvalue weighted by Crippen LogP contribution is -2.36. The van der Waals surface area contributed by atoms with Crippen LogP contribution in [0.25, 0.3) is 0 Å². The van der Waals surface area contributed by atoms with E-state index in [-0.39, 0.29) is 17.9 Å². The molecule has 0 saturated carbocycles. The van der Waals surface area contributed by atoms with Gasteiger partial charge in [-0.25, -0.2) is 8.42 Å². The number of nitrogens with zero attached hydrogens (tertiary/aromatic N) is 1. The molecule has 1 saturated heterocycles. The van der Waals surface area contributed by atoms with Crippen LogP contribution in [0.5, 0.6) is 0 Å². The maximum Gasteiger partial charge on any atom is 0.243 e. The molecule has 0 bridgehead atoms. The van der Waals surface area contributed by atoms with E-state index in [4.69, 9.17) is 11.6 Å². The highest BCUT2D eigenvalue weighted by molar-refractivity contribution is 7.89. The number of halogens is 1. The molecular formula is C19H20ClNO2S. The van der Waals surface area contributed by atoms with Gasteiger partial charge in [-0.05, 0) is 42.5 Å². The number of sulfonamides is 1. The molecule has 1 fully saturated rings. The van der Waals surface area contributed by atoms with Crippen LogP contribution in [0.4, 0.5) is 0 Å². The number of hydrogen-bond acceptors (Lipinski definition) is 2. The average Bonchev–Trinajstić information content (AvgIpc) is 3.12. The van der Waals surface area contributed by atoms with E-state index in [1.807, 2.05) is 31.2 Å². The standard InChI is InChI=1S/C19H20ClNO2S/c1-13-6-8-16(9-7-13)24(22,23)21-12-15(11-20)19-17-5-3-2-4-14(17)10-18(19)21/h2-9,15,18-19H,10-12H2,1H3/t15?,18-,19+/m1/s1. The van der Waals surface area contributed by atoms with Crippen LogP contribution in [-0.4, -0.2) is 31.2 Å². The summed E-state index contributed by atoms with van der Waals surface area (Å²) in [5.41, 5.74) is 3.58. The maximum atomic E-state index is 13.2. The van der Waals surface area contributed by atoms with Crippen LogP contribution in [0, 0.1) is 12.8 Å². The summed E-state index contributed by atoms with van der Waals surface area (Å²) < 4.78 is 28.1. The van der Waals surface area contributed by atoms with E-state index in [1.54, 1.807) is 16.4 Å². The Hall–Kier alpha value is -1.36. The highest BCUT2D eigenvalue weighted by Crippen LogP contribution is 2.48. The van der Waals surface area contributed by atoms with E-state index < -0.39 is 10.0 Å². The van der Waals surface area contributed by atoms with Crippen molar-refractivity contribution in [2.75, 3.05) is 12.4 Å². The van der Waals surface area contributed by atoms with Crippen molar-refractivity contribution >= 4 is 21.6 Å². The van der Waals surface area contributed by atoms with Crippen molar-refractivity contribution in [3.8, 4) is 0 Å². The normalized spacial score (nSPS) is 26.3. The summed E-state index contributed by atoms with van der Waals surface area (Å²) in [6.45, 7) is 2.46. The van der Waals surface area contributed by atoms with Gasteiger partial charge in [-0.2, -0.15) is 4.31 Å². The molecule has 5 heteroatoms. The Balaban J connectivity index is 1.74. The van der Waals surface area contributed by atoms with Crippen molar-refractivity contribution in [2.24, 2.45) is 5.92 Å². The van der Waals surface area contributed by atoms with Crippen molar-refractivity contribution in [3.63, 3.8) is 0 Å². The Morgan fingerprint density at radius 3 is 2.54 bits per heavy atom. The van der Waals surface area contributed by atoms with Crippen LogP contribution in [-0.2, 0) is 16.4 Å². The lowest BCUT2D eigenvalue weighted by Gasteiger charge is -2.23. The molecule has 3 nitrogen and oxygen atoms in total. The lowest BCUT2D eigenvalue weighted by atomic mass is 9.90. The fourth-order valence-electron chi connectivity index (χ4n) is 4.20. The van der Waals surface area contributed by atoms with Gasteiger partial charge in [-0.3, -0.25) is 0 Å². The van der Waals surface area contributed by atoms with Crippen molar-refractivity contribution in [2.45, 2.75) is 30.2 Å². The quantitative estimate of drug-likeness (QED) is 0.784. The van der Waals surface area contributed by atoms with Crippen LogP contribution in [0.1, 0.15) is 22.6 Å². The third-order valence-electron chi connectivity index (χ3n) is 5.38. The first-order valence-corrected chi connectivity index (χ1v) is 10.2. The zero-order chi connectivity index (χ0) is 16.9. The number of aryl methyl sites for hydroxylation is 1. The predicted octanol–water partition coefficient (Wildman–Crippen LogP) is 3.56. The van der Waals surface area contributed by atoms with Gasteiger partial charge in [-0.15, -0.1) is 11.6 Å². The minimum atomic E-state index is -3.50. The van der Waals surface area contributed by atoms with Crippen molar-refractivity contribution in [1.82, 2.24) is 4.31 Å². The molecule has 126 valence electrons. The predicted molar refractivity (Wildman–Crippen MR) is 96.0 cm³/mol. The van der Waals surface area contributed by atoms with E-state index >= 15 is 0 Å². The first-order chi connectivity index (χ1) is 11.5. The zero-order valence-corrected chi connectivity index (χ0v) is 15.1. The summed E-state index contributed by atoms with van der Waals surface area (Å²) in [6, 6.07) is 15.4. The smallest absolute Gasteiger partial charge is 0.207 e. The molecular weight excluding hydrogens is 342 g/mol. The molecule has 0 aromatic heterocycles. The zero-order valence-electron chi connectivity index (χ0n) is 13.5. The first kappa shape index (κ1) is 16.1. The molecule has 2 aliphatic rings. The molecule has 1 aliphatic carbocycles. The van der Waals surface area contributed by atoms with Gasteiger partial charge in [0.2, 0.25) is 10.0 Å². The average molecular weight is 362 g/mol. The first-order valence-electron chi connectivity index (χ1n) is 8.24. The van der Waals surface area contributed by atoms with Crippen LogP contribution in [0.3, 0.4) is 0 Å². The fraction of sp³-hybridized carbons (Fsp3) is 0.368. The van der Waals surface area contributed by atoms with Crippen LogP contribution >= 0.6 is 11.6 Å². The number of hydrogen-bond donors (Lipinski definition) is 0. The monoisotopic (exact) mass is 361 g/mol. The van der Waals surface area contributed by atoms with E-state index in [1.165, 1.54) is 11.1 Å². The minimum Gasteiger partial charge on any atom is -0.207 e. The molecule has 4 rings (SSSR count). The molecule has 3 atom stereocenters.